The quantitative estimate of drug-likeness (QED) is 0.00929. The third-order valence-electron chi connectivity index (χ3n) is 12.5. The number of fused-ring (bicyclic) bond motifs is 5. The van der Waals surface area contributed by atoms with Crippen molar-refractivity contribution in [1.82, 2.24) is 20.3 Å². The van der Waals surface area contributed by atoms with E-state index in [1.165, 1.54) is 6.07 Å². The Labute approximate surface area is 472 Å². The third-order valence-corrected chi connectivity index (χ3v) is 13.3. The van der Waals surface area contributed by atoms with Crippen LogP contribution < -0.4 is 32.5 Å². The van der Waals surface area contributed by atoms with Crippen LogP contribution in [0.5, 0.6) is 0 Å². The van der Waals surface area contributed by atoms with Crippen LogP contribution in [0.1, 0.15) is 74.9 Å². The predicted molar refractivity (Wildman–Crippen MR) is 316 cm³/mol. The molecule has 21 nitrogen and oxygen atoms in total. The Kier molecular flexibility index (Phi) is 28.2. The van der Waals surface area contributed by atoms with E-state index < -0.39 is 6.72 Å². The topological polar surface area (TPSA) is 292 Å². The molecule has 0 spiro atoms. The number of para-hydroxylation sites is 1. The second-order valence-corrected chi connectivity index (χ2v) is 20.5. The molecule has 23 heteroatoms. The number of nitrogens with one attached hydrogen (secondary N) is 3. The van der Waals surface area contributed by atoms with Crippen LogP contribution in [0.3, 0.4) is 0 Å². The van der Waals surface area contributed by atoms with Gasteiger partial charge in [-0.05, 0) is 72.7 Å². The number of amides is 2. The van der Waals surface area contributed by atoms with Gasteiger partial charge in [0.05, 0.1) is 114 Å². The molecule has 6 aromatic rings. The molecule has 7 rings (SSSR count). The fourth-order valence-electron chi connectivity index (χ4n) is 8.55. The number of anilines is 2. The van der Waals surface area contributed by atoms with Crippen molar-refractivity contribution in [3.63, 3.8) is 0 Å². The van der Waals surface area contributed by atoms with Crippen LogP contribution in [0, 0.1) is 0 Å². The number of carbonyl (C=O) groups excluding carboxylic acids is 2. The monoisotopic (exact) mass is 1150 g/mol. The molecule has 10 N–H and O–H groups in total. The number of nitrogens with two attached hydrogens (primary N) is 2. The van der Waals surface area contributed by atoms with Crippen LogP contribution in [0.4, 0.5) is 11.4 Å². The molecular weight excluding hydrogens is 1070 g/mol. The molecule has 0 saturated carbocycles. The Morgan fingerprint density at radius 2 is 1.40 bits per heavy atom. The van der Waals surface area contributed by atoms with Crippen LogP contribution >= 0.6 is 6.72 Å². The van der Waals surface area contributed by atoms with Crippen molar-refractivity contribution in [3.05, 3.63) is 124 Å². The number of aliphatic hydroxyl groups is 1. The van der Waals surface area contributed by atoms with Crippen LogP contribution in [-0.4, -0.2) is 142 Å². The van der Waals surface area contributed by atoms with E-state index in [0.717, 1.165) is 60.1 Å². The summed E-state index contributed by atoms with van der Waals surface area (Å²) in [6.45, 7) is 5.39. The highest BCUT2D eigenvalue weighted by atomic mass is 32.5. The van der Waals surface area contributed by atoms with Crippen molar-refractivity contribution >= 4 is 75.1 Å². The van der Waals surface area contributed by atoms with E-state index in [1.807, 2.05) is 99.8 Å². The summed E-state index contributed by atoms with van der Waals surface area (Å²) in [7, 11) is 2.85. The zero-order chi connectivity index (χ0) is 57.7. The number of benzene rings is 4. The van der Waals surface area contributed by atoms with E-state index in [0.29, 0.717) is 130 Å². The SMILES string of the molecule is CC.CNc1ccc(-c2cc(=O)c3ccc4[nH]c(CCOCCOCCOCCOCCOCCN(N)/C5=C(\N)c6ccccc6CN(C(=O)CCC(=O)NCCCCCCOP(O)(O)=S)c6ccccc65)nc4c3o2)cc1.CO. The van der Waals surface area contributed by atoms with Gasteiger partial charge in [0, 0.05) is 68.4 Å². The molecule has 0 fully saturated rings. The molecule has 80 heavy (non-hydrogen) atoms. The highest BCUT2D eigenvalue weighted by Gasteiger charge is 2.28. The number of rotatable bonds is 32. The molecule has 1 aliphatic rings. The summed E-state index contributed by atoms with van der Waals surface area (Å²) in [4.78, 5) is 67.8. The molecule has 436 valence electrons. The number of unbranched alkanes of at least 4 members (excludes halogenated alkanes) is 3. The molecule has 4 aromatic carbocycles. The Morgan fingerprint density at radius 3 is 2.06 bits per heavy atom. The highest BCUT2D eigenvalue weighted by molar-refractivity contribution is 8.06. The van der Waals surface area contributed by atoms with Gasteiger partial charge in [0.1, 0.15) is 17.1 Å². The van der Waals surface area contributed by atoms with Crippen molar-refractivity contribution < 1.29 is 57.1 Å². The first-order chi connectivity index (χ1) is 38.9. The van der Waals surface area contributed by atoms with Gasteiger partial charge in [-0.15, -0.1) is 0 Å². The van der Waals surface area contributed by atoms with Gasteiger partial charge in [-0.2, -0.15) is 0 Å². The summed E-state index contributed by atoms with van der Waals surface area (Å²) in [6.07, 6.45) is 3.52. The smallest absolute Gasteiger partial charge is 0.321 e. The summed E-state index contributed by atoms with van der Waals surface area (Å²) in [5.41, 5.74) is 14.3. The fraction of sp³-hybridized carbons (Fsp3) is 0.439. The summed E-state index contributed by atoms with van der Waals surface area (Å²) >= 11 is 4.45. The van der Waals surface area contributed by atoms with E-state index in [4.69, 9.17) is 64.1 Å². The Bertz CT molecular complexity index is 2990. The van der Waals surface area contributed by atoms with Crippen LogP contribution in [0.15, 0.2) is 100 Å². The number of nitrogens with zero attached hydrogens (tertiary/aromatic N) is 3. The van der Waals surface area contributed by atoms with Crippen LogP contribution in [0.2, 0.25) is 0 Å². The van der Waals surface area contributed by atoms with Gasteiger partial charge >= 0.3 is 6.72 Å². The first kappa shape index (κ1) is 64.7. The van der Waals surface area contributed by atoms with Crippen molar-refractivity contribution in [2.75, 3.05) is 110 Å². The number of hydrogen-bond donors (Lipinski definition) is 8. The average molecular weight is 1150 g/mol. The zero-order valence-corrected chi connectivity index (χ0v) is 48.0. The van der Waals surface area contributed by atoms with E-state index >= 15 is 0 Å². The molecule has 1 aliphatic heterocycles. The van der Waals surface area contributed by atoms with E-state index in [2.05, 4.69) is 27.4 Å². The molecule has 0 aliphatic carbocycles. The van der Waals surface area contributed by atoms with Gasteiger partial charge in [0.2, 0.25) is 11.8 Å². The number of hydrazine groups is 1. The molecular formula is C57H79N8O13PS. The maximum Gasteiger partial charge on any atom is 0.321 e. The van der Waals surface area contributed by atoms with Crippen molar-refractivity contribution in [1.29, 1.82) is 0 Å². The fourth-order valence-corrected chi connectivity index (χ4v) is 9.14. The van der Waals surface area contributed by atoms with Crippen LogP contribution in [-0.2, 0) is 62.6 Å². The molecule has 0 atom stereocenters. The molecule has 0 radical (unpaired) electrons. The lowest BCUT2D eigenvalue weighted by atomic mass is 9.95. The van der Waals surface area contributed by atoms with E-state index in [-0.39, 0.29) is 49.8 Å². The largest absolute Gasteiger partial charge is 0.453 e. The van der Waals surface area contributed by atoms with Gasteiger partial charge in [-0.25, -0.2) is 10.8 Å². The molecule has 2 aromatic heterocycles. The Morgan fingerprint density at radius 1 is 0.787 bits per heavy atom. The summed E-state index contributed by atoms with van der Waals surface area (Å²) in [5, 5.41) is 15.0. The zero-order valence-electron chi connectivity index (χ0n) is 46.3. The summed E-state index contributed by atoms with van der Waals surface area (Å²) in [6, 6.07) is 27.8. The molecule has 3 heterocycles. The number of imidazole rings is 1. The molecule has 0 bridgehead atoms. The maximum absolute atomic E-state index is 13.9. The van der Waals surface area contributed by atoms with E-state index in [9.17, 15) is 14.4 Å². The van der Waals surface area contributed by atoms with Gasteiger partial charge in [0.25, 0.3) is 0 Å². The lowest BCUT2D eigenvalue weighted by Crippen LogP contribution is -2.38. The number of aromatic amines is 1. The van der Waals surface area contributed by atoms with Gasteiger partial charge < -0.3 is 78.8 Å². The number of carbonyl (C=O) groups is 2. The maximum atomic E-state index is 13.9. The normalized spacial score (nSPS) is 13.1. The van der Waals surface area contributed by atoms with E-state index in [1.54, 1.807) is 16.0 Å². The Balaban J connectivity index is 0.00000287. The van der Waals surface area contributed by atoms with Crippen molar-refractivity contribution in [3.8, 4) is 11.3 Å². The van der Waals surface area contributed by atoms with Crippen LogP contribution in [0.25, 0.3) is 44.7 Å². The first-order valence-electron chi connectivity index (χ1n) is 26.9. The third kappa shape index (κ3) is 20.2. The standard InChI is InChI=1S/C54H69N8O12PS.C2H6.CH4O/c1-57-40-16-14-38(15-17-40)47-36-46(63)43-18-19-44-52(54(43)74-47)60-48(59-44)22-26-68-28-30-70-32-34-72-35-33-71-31-29-69-27-24-62(56)53-42-12-6-7-13-45(42)61(37-39-10-4-5-11-41(39)51(53)55)50(65)21-20-49(64)58-23-8-2-3-9-25-73-75(66,67)76;2*1-2/h4-7,10-19,36,57H,2-3,8-9,20-35,37,55-56H2,1H3,(H,58,64)(H,59,60)(H2,66,67,76);1-2H3;2H,1H3/b53-51-;;. The van der Waals surface area contributed by atoms with Gasteiger partial charge in [-0.3, -0.25) is 14.4 Å². The lowest BCUT2D eigenvalue weighted by molar-refractivity contribution is -0.125. The first-order valence-corrected chi connectivity index (χ1v) is 29.6. The van der Waals surface area contributed by atoms with Gasteiger partial charge in [-0.1, -0.05) is 69.2 Å². The minimum Gasteiger partial charge on any atom is -0.453 e. The minimum atomic E-state index is -3.63. The number of aliphatic hydroxyl groups excluding tert-OH is 1. The number of ether oxygens (including phenoxy) is 5. The Hall–Kier alpha value is -6.11. The summed E-state index contributed by atoms with van der Waals surface area (Å²) < 4.78 is 39.7. The lowest BCUT2D eigenvalue weighted by Gasteiger charge is -2.33. The number of H-pyrrole nitrogens is 1. The second-order valence-electron chi connectivity index (χ2n) is 17.8. The molecule has 0 saturated heterocycles. The summed E-state index contributed by atoms with van der Waals surface area (Å²) in [5.74, 6) is 7.51. The highest BCUT2D eigenvalue weighted by Crippen LogP contribution is 2.38. The number of hydrogen-bond acceptors (Lipinski definition) is 17. The minimum absolute atomic E-state index is 0.00351. The van der Waals surface area contributed by atoms with Crippen molar-refractivity contribution in [2.24, 2.45) is 11.6 Å². The predicted octanol–water partition coefficient (Wildman–Crippen LogP) is 6.83. The second kappa shape index (κ2) is 34.9. The molecule has 2 amide bonds. The average Bonchev–Trinajstić information content (AvgIpc) is 3.94. The van der Waals surface area contributed by atoms with Crippen molar-refractivity contribution in [2.45, 2.75) is 65.3 Å². The van der Waals surface area contributed by atoms with Gasteiger partial charge in [0.15, 0.2) is 11.0 Å². The molecule has 0 unspecified atom stereocenters. The number of aromatic nitrogens is 2.